The minimum atomic E-state index is -0.560. The Morgan fingerprint density at radius 1 is 1.29 bits per heavy atom. The first-order chi connectivity index (χ1) is 6.54. The van der Waals surface area contributed by atoms with E-state index in [4.69, 9.17) is 0 Å². The van der Waals surface area contributed by atoms with E-state index in [-0.39, 0.29) is 11.7 Å². The van der Waals surface area contributed by atoms with E-state index < -0.39 is 6.10 Å². The lowest BCUT2D eigenvalue weighted by molar-refractivity contribution is 0.0991. The molecule has 0 bridgehead atoms. The van der Waals surface area contributed by atoms with E-state index in [0.717, 1.165) is 5.56 Å². The van der Waals surface area contributed by atoms with Gasteiger partial charge >= 0.3 is 0 Å². The van der Waals surface area contributed by atoms with Crippen LogP contribution in [0.5, 0.6) is 0 Å². The molecule has 2 heteroatoms. The van der Waals surface area contributed by atoms with Crippen molar-refractivity contribution in [3.8, 4) is 0 Å². The number of hydrogen-bond donors (Lipinski definition) is 1. The number of aliphatic hydroxyl groups is 1. The molecule has 0 aromatic heterocycles. The van der Waals surface area contributed by atoms with Gasteiger partial charge in [-0.2, -0.15) is 0 Å². The van der Waals surface area contributed by atoms with Crippen molar-refractivity contribution in [2.75, 3.05) is 0 Å². The van der Waals surface area contributed by atoms with E-state index in [9.17, 15) is 9.90 Å². The molecule has 1 unspecified atom stereocenters. The number of ketones is 1. The predicted molar refractivity (Wildman–Crippen MR) is 56.2 cm³/mol. The largest absolute Gasteiger partial charge is 0.388 e. The summed E-state index contributed by atoms with van der Waals surface area (Å²) in [4.78, 5) is 11.3. The average molecular weight is 192 g/mol. The smallest absolute Gasteiger partial charge is 0.160 e. The van der Waals surface area contributed by atoms with Crippen molar-refractivity contribution in [3.63, 3.8) is 0 Å². The zero-order valence-electron chi connectivity index (χ0n) is 8.82. The summed E-state index contributed by atoms with van der Waals surface area (Å²) < 4.78 is 0. The van der Waals surface area contributed by atoms with Crippen molar-refractivity contribution in [1.82, 2.24) is 0 Å². The number of carbonyl (C=O) groups is 1. The van der Waals surface area contributed by atoms with Crippen LogP contribution in [-0.2, 0) is 0 Å². The Morgan fingerprint density at radius 2 is 1.86 bits per heavy atom. The average Bonchev–Trinajstić information content (AvgIpc) is 2.16. The second-order valence-electron chi connectivity index (χ2n) is 3.83. The number of carbonyl (C=O) groups excluding carboxylic acids is 1. The van der Waals surface area contributed by atoms with Gasteiger partial charge in [0.2, 0.25) is 0 Å². The number of rotatable bonds is 3. The van der Waals surface area contributed by atoms with Crippen LogP contribution in [0.3, 0.4) is 0 Å². The molecule has 0 heterocycles. The number of aliphatic hydroxyl groups excluding tert-OH is 1. The normalized spacial score (nSPS) is 12.9. The number of Topliss-reactive ketones (excluding diaryl/α,β-unsaturated/α-hetero) is 1. The zero-order chi connectivity index (χ0) is 10.7. The Hall–Kier alpha value is -1.15. The van der Waals surface area contributed by atoms with Gasteiger partial charge in [-0.25, -0.2) is 0 Å². The topological polar surface area (TPSA) is 37.3 Å². The van der Waals surface area contributed by atoms with Crippen LogP contribution in [-0.4, -0.2) is 10.9 Å². The molecule has 14 heavy (non-hydrogen) atoms. The van der Waals surface area contributed by atoms with Gasteiger partial charge in [0.05, 0.1) is 6.10 Å². The van der Waals surface area contributed by atoms with E-state index >= 15 is 0 Å². The van der Waals surface area contributed by atoms with Gasteiger partial charge in [-0.3, -0.25) is 4.79 Å². The maximum absolute atomic E-state index is 11.3. The lowest BCUT2D eigenvalue weighted by Crippen LogP contribution is -2.10. The van der Waals surface area contributed by atoms with Gasteiger partial charge in [0.15, 0.2) is 5.78 Å². The molecular weight excluding hydrogens is 176 g/mol. The molecule has 0 spiro atoms. The maximum Gasteiger partial charge on any atom is 0.160 e. The SMILES string of the molecule is CC(=O)c1ccccc1C(O)C(C)C. The first-order valence-corrected chi connectivity index (χ1v) is 4.82. The third kappa shape index (κ3) is 2.20. The van der Waals surface area contributed by atoms with Crippen LogP contribution in [0.1, 0.15) is 42.8 Å². The molecule has 0 saturated carbocycles. The molecule has 0 aliphatic carbocycles. The molecule has 0 aliphatic heterocycles. The summed E-state index contributed by atoms with van der Waals surface area (Å²) in [6, 6.07) is 7.21. The highest BCUT2D eigenvalue weighted by molar-refractivity contribution is 5.95. The minimum Gasteiger partial charge on any atom is -0.388 e. The van der Waals surface area contributed by atoms with Crippen LogP contribution in [0.4, 0.5) is 0 Å². The van der Waals surface area contributed by atoms with Crippen LogP contribution >= 0.6 is 0 Å². The third-order valence-electron chi connectivity index (χ3n) is 2.29. The zero-order valence-corrected chi connectivity index (χ0v) is 8.82. The summed E-state index contributed by atoms with van der Waals surface area (Å²) in [7, 11) is 0. The van der Waals surface area contributed by atoms with Crippen LogP contribution in [0, 0.1) is 5.92 Å². The quantitative estimate of drug-likeness (QED) is 0.747. The third-order valence-corrected chi connectivity index (χ3v) is 2.29. The molecule has 0 radical (unpaired) electrons. The van der Waals surface area contributed by atoms with Crippen molar-refractivity contribution in [3.05, 3.63) is 35.4 Å². The second kappa shape index (κ2) is 4.38. The molecule has 1 aromatic rings. The van der Waals surface area contributed by atoms with Crippen LogP contribution in [0.2, 0.25) is 0 Å². The molecule has 0 aliphatic rings. The van der Waals surface area contributed by atoms with Crippen molar-refractivity contribution < 1.29 is 9.90 Å². The van der Waals surface area contributed by atoms with Gasteiger partial charge in [0.25, 0.3) is 0 Å². The van der Waals surface area contributed by atoms with Gasteiger partial charge in [-0.15, -0.1) is 0 Å². The highest BCUT2D eigenvalue weighted by atomic mass is 16.3. The molecule has 1 N–H and O–H groups in total. The fourth-order valence-electron chi connectivity index (χ4n) is 1.43. The predicted octanol–water partition coefficient (Wildman–Crippen LogP) is 2.58. The molecule has 76 valence electrons. The lowest BCUT2D eigenvalue weighted by atomic mass is 9.93. The van der Waals surface area contributed by atoms with Gasteiger partial charge in [-0.1, -0.05) is 38.1 Å². The van der Waals surface area contributed by atoms with Gasteiger partial charge < -0.3 is 5.11 Å². The van der Waals surface area contributed by atoms with Crippen LogP contribution < -0.4 is 0 Å². The van der Waals surface area contributed by atoms with Crippen molar-refractivity contribution in [2.24, 2.45) is 5.92 Å². The first kappa shape index (κ1) is 10.9. The Bertz CT molecular complexity index is 329. The van der Waals surface area contributed by atoms with E-state index in [2.05, 4.69) is 0 Å². The van der Waals surface area contributed by atoms with Crippen LogP contribution in [0.15, 0.2) is 24.3 Å². The summed E-state index contributed by atoms with van der Waals surface area (Å²) >= 11 is 0. The summed E-state index contributed by atoms with van der Waals surface area (Å²) in [5.74, 6) is 0.121. The Kier molecular flexibility index (Phi) is 3.42. The van der Waals surface area contributed by atoms with Crippen molar-refractivity contribution in [1.29, 1.82) is 0 Å². The monoisotopic (exact) mass is 192 g/mol. The number of hydrogen-bond acceptors (Lipinski definition) is 2. The molecule has 1 rings (SSSR count). The Labute approximate surface area is 84.6 Å². The molecule has 2 nitrogen and oxygen atoms in total. The minimum absolute atomic E-state index is 0.000278. The van der Waals surface area contributed by atoms with Gasteiger partial charge in [-0.05, 0) is 18.4 Å². The molecule has 0 amide bonds. The van der Waals surface area contributed by atoms with Gasteiger partial charge in [0, 0.05) is 5.56 Å². The molecular formula is C12H16O2. The van der Waals surface area contributed by atoms with E-state index in [1.165, 1.54) is 6.92 Å². The molecule has 1 aromatic carbocycles. The molecule has 0 fully saturated rings. The van der Waals surface area contributed by atoms with Gasteiger partial charge in [0.1, 0.15) is 0 Å². The van der Waals surface area contributed by atoms with E-state index in [1.54, 1.807) is 12.1 Å². The number of benzene rings is 1. The standard InChI is InChI=1S/C12H16O2/c1-8(2)12(14)11-7-5-4-6-10(11)9(3)13/h4-8,12,14H,1-3H3. The summed E-state index contributed by atoms with van der Waals surface area (Å²) in [5, 5.41) is 9.88. The summed E-state index contributed by atoms with van der Waals surface area (Å²) in [5.41, 5.74) is 1.35. The lowest BCUT2D eigenvalue weighted by Gasteiger charge is -2.17. The Balaban J connectivity index is 3.13. The molecule has 1 atom stereocenters. The molecule has 0 saturated heterocycles. The van der Waals surface area contributed by atoms with E-state index in [1.807, 2.05) is 26.0 Å². The fraction of sp³-hybridized carbons (Fsp3) is 0.417. The second-order valence-corrected chi connectivity index (χ2v) is 3.83. The van der Waals surface area contributed by atoms with Crippen molar-refractivity contribution in [2.45, 2.75) is 26.9 Å². The fourth-order valence-corrected chi connectivity index (χ4v) is 1.43. The first-order valence-electron chi connectivity index (χ1n) is 4.82. The Morgan fingerprint density at radius 3 is 2.36 bits per heavy atom. The highest BCUT2D eigenvalue weighted by Crippen LogP contribution is 2.24. The summed E-state index contributed by atoms with van der Waals surface area (Å²) in [6.07, 6.45) is -0.560. The highest BCUT2D eigenvalue weighted by Gasteiger charge is 2.16. The van der Waals surface area contributed by atoms with Crippen molar-refractivity contribution >= 4 is 5.78 Å². The van der Waals surface area contributed by atoms with Crippen LogP contribution in [0.25, 0.3) is 0 Å². The maximum atomic E-state index is 11.3. The summed E-state index contributed by atoms with van der Waals surface area (Å²) in [6.45, 7) is 5.38. The van der Waals surface area contributed by atoms with E-state index in [0.29, 0.717) is 5.56 Å².